The third-order valence-corrected chi connectivity index (χ3v) is 2.58. The van der Waals surface area contributed by atoms with Crippen LogP contribution in [0, 0.1) is 0 Å². The number of carbonyl (C=O) groups excluding carboxylic acids is 1. The van der Waals surface area contributed by atoms with Crippen LogP contribution in [0.4, 0.5) is 4.79 Å². The Hall–Kier alpha value is -0.990. The SMILES string of the molecule is CCC1CC=CC2COC(=O)N21. The number of amides is 1. The quantitative estimate of drug-likeness (QED) is 0.554. The van der Waals surface area contributed by atoms with E-state index in [4.69, 9.17) is 4.74 Å². The molecule has 2 aliphatic rings. The monoisotopic (exact) mass is 167 g/mol. The summed E-state index contributed by atoms with van der Waals surface area (Å²) in [6, 6.07) is 0.561. The second kappa shape index (κ2) is 2.81. The molecule has 0 bridgehead atoms. The van der Waals surface area contributed by atoms with Crippen LogP contribution in [0.15, 0.2) is 12.2 Å². The molecule has 2 atom stereocenters. The molecule has 0 aromatic rings. The number of ether oxygens (including phenoxy) is 1. The smallest absolute Gasteiger partial charge is 0.410 e. The van der Waals surface area contributed by atoms with Gasteiger partial charge in [-0.2, -0.15) is 0 Å². The molecular formula is C9H13NO2. The lowest BCUT2D eigenvalue weighted by molar-refractivity contribution is 0.143. The van der Waals surface area contributed by atoms with Gasteiger partial charge in [0, 0.05) is 6.04 Å². The van der Waals surface area contributed by atoms with E-state index in [9.17, 15) is 4.79 Å². The van der Waals surface area contributed by atoms with Crippen LogP contribution in [-0.4, -0.2) is 29.7 Å². The highest BCUT2D eigenvalue weighted by Crippen LogP contribution is 2.25. The molecule has 0 aromatic carbocycles. The maximum absolute atomic E-state index is 11.2. The normalized spacial score (nSPS) is 33.4. The molecule has 12 heavy (non-hydrogen) atoms. The van der Waals surface area contributed by atoms with E-state index in [1.54, 1.807) is 0 Å². The van der Waals surface area contributed by atoms with Crippen molar-refractivity contribution in [1.82, 2.24) is 4.90 Å². The van der Waals surface area contributed by atoms with Crippen LogP contribution in [0.5, 0.6) is 0 Å². The molecule has 3 heteroatoms. The Morgan fingerprint density at radius 3 is 3.33 bits per heavy atom. The number of fused-ring (bicyclic) bond motifs is 1. The fourth-order valence-corrected chi connectivity index (χ4v) is 1.88. The van der Waals surface area contributed by atoms with E-state index in [2.05, 4.69) is 19.1 Å². The summed E-state index contributed by atoms with van der Waals surface area (Å²) in [5.41, 5.74) is 0. The van der Waals surface area contributed by atoms with Crippen molar-refractivity contribution in [2.45, 2.75) is 31.8 Å². The van der Waals surface area contributed by atoms with Crippen molar-refractivity contribution < 1.29 is 9.53 Å². The summed E-state index contributed by atoms with van der Waals surface area (Å²) < 4.78 is 4.97. The van der Waals surface area contributed by atoms with Gasteiger partial charge in [0.25, 0.3) is 0 Å². The maximum Gasteiger partial charge on any atom is 0.410 e. The van der Waals surface area contributed by atoms with Gasteiger partial charge in [0.15, 0.2) is 0 Å². The van der Waals surface area contributed by atoms with Crippen LogP contribution in [0.2, 0.25) is 0 Å². The molecule has 2 unspecified atom stereocenters. The first-order chi connectivity index (χ1) is 5.83. The van der Waals surface area contributed by atoms with Gasteiger partial charge in [0.2, 0.25) is 0 Å². The summed E-state index contributed by atoms with van der Waals surface area (Å²) in [5, 5.41) is 0. The topological polar surface area (TPSA) is 29.5 Å². The molecule has 66 valence electrons. The van der Waals surface area contributed by atoms with E-state index in [1.807, 2.05) is 4.90 Å². The van der Waals surface area contributed by atoms with Crippen molar-refractivity contribution in [2.24, 2.45) is 0 Å². The second-order valence-corrected chi connectivity index (χ2v) is 3.28. The Kier molecular flexibility index (Phi) is 1.79. The van der Waals surface area contributed by atoms with Gasteiger partial charge in [-0.25, -0.2) is 4.79 Å². The molecule has 0 N–H and O–H groups in total. The molecule has 2 aliphatic heterocycles. The summed E-state index contributed by atoms with van der Waals surface area (Å²) >= 11 is 0. The van der Waals surface area contributed by atoms with Gasteiger partial charge in [0.1, 0.15) is 6.61 Å². The van der Waals surface area contributed by atoms with Crippen molar-refractivity contribution in [3.63, 3.8) is 0 Å². The summed E-state index contributed by atoms with van der Waals surface area (Å²) in [4.78, 5) is 13.1. The largest absolute Gasteiger partial charge is 0.447 e. The minimum atomic E-state index is -0.142. The van der Waals surface area contributed by atoms with E-state index >= 15 is 0 Å². The highest BCUT2D eigenvalue weighted by Gasteiger charge is 2.37. The third-order valence-electron chi connectivity index (χ3n) is 2.58. The average Bonchev–Trinajstić information content (AvgIpc) is 2.48. The first-order valence-corrected chi connectivity index (χ1v) is 4.44. The maximum atomic E-state index is 11.2. The molecule has 2 rings (SSSR count). The fraction of sp³-hybridized carbons (Fsp3) is 0.667. The zero-order chi connectivity index (χ0) is 8.55. The number of rotatable bonds is 1. The summed E-state index contributed by atoms with van der Waals surface area (Å²) in [5.74, 6) is 0. The predicted molar refractivity (Wildman–Crippen MR) is 44.8 cm³/mol. The summed E-state index contributed by atoms with van der Waals surface area (Å²) in [7, 11) is 0. The third kappa shape index (κ3) is 1.00. The molecule has 0 spiro atoms. The molecule has 0 radical (unpaired) electrons. The average molecular weight is 167 g/mol. The van der Waals surface area contributed by atoms with E-state index in [0.29, 0.717) is 12.6 Å². The Morgan fingerprint density at radius 2 is 2.58 bits per heavy atom. The lowest BCUT2D eigenvalue weighted by Crippen LogP contribution is -2.42. The van der Waals surface area contributed by atoms with E-state index < -0.39 is 0 Å². The van der Waals surface area contributed by atoms with Crippen molar-refractivity contribution in [1.29, 1.82) is 0 Å². The predicted octanol–water partition coefficient (Wildman–Crippen LogP) is 1.55. The minimum absolute atomic E-state index is 0.142. The number of nitrogens with zero attached hydrogens (tertiary/aromatic N) is 1. The van der Waals surface area contributed by atoms with E-state index in [1.165, 1.54) is 0 Å². The zero-order valence-electron chi connectivity index (χ0n) is 7.19. The summed E-state index contributed by atoms with van der Waals surface area (Å²) in [6.07, 6.45) is 6.06. The fourth-order valence-electron chi connectivity index (χ4n) is 1.88. The van der Waals surface area contributed by atoms with Gasteiger partial charge < -0.3 is 4.74 Å². The standard InChI is InChI=1S/C9H13NO2/c1-2-7-4-3-5-8-6-12-9(11)10(7)8/h3,5,7-8H,2,4,6H2,1H3. The Balaban J connectivity index is 2.20. The molecule has 1 saturated heterocycles. The van der Waals surface area contributed by atoms with Gasteiger partial charge in [-0.3, -0.25) is 4.90 Å². The van der Waals surface area contributed by atoms with E-state index in [-0.39, 0.29) is 12.1 Å². The first kappa shape index (κ1) is 7.65. The van der Waals surface area contributed by atoms with Gasteiger partial charge in [0.05, 0.1) is 6.04 Å². The van der Waals surface area contributed by atoms with Crippen LogP contribution < -0.4 is 0 Å². The molecule has 1 amide bonds. The highest BCUT2D eigenvalue weighted by molar-refractivity contribution is 5.71. The number of cyclic esters (lactones) is 1. The van der Waals surface area contributed by atoms with Crippen molar-refractivity contribution in [3.05, 3.63) is 12.2 Å². The Bertz CT molecular complexity index is 225. The van der Waals surface area contributed by atoms with Crippen LogP contribution in [0.3, 0.4) is 0 Å². The molecule has 1 fully saturated rings. The first-order valence-electron chi connectivity index (χ1n) is 4.44. The van der Waals surface area contributed by atoms with Crippen LogP contribution in [-0.2, 0) is 4.74 Å². The Morgan fingerprint density at radius 1 is 1.75 bits per heavy atom. The Labute approximate surface area is 72.0 Å². The summed E-state index contributed by atoms with van der Waals surface area (Å²) in [6.45, 7) is 2.64. The molecule has 0 aromatic heterocycles. The molecule has 3 nitrogen and oxygen atoms in total. The lowest BCUT2D eigenvalue weighted by Gasteiger charge is -2.30. The molecule has 0 aliphatic carbocycles. The number of hydrogen-bond acceptors (Lipinski definition) is 2. The van der Waals surface area contributed by atoms with Gasteiger partial charge in [-0.15, -0.1) is 0 Å². The zero-order valence-corrected chi connectivity index (χ0v) is 7.19. The molecule has 2 heterocycles. The second-order valence-electron chi connectivity index (χ2n) is 3.28. The number of hydrogen-bond donors (Lipinski definition) is 0. The van der Waals surface area contributed by atoms with Crippen LogP contribution >= 0.6 is 0 Å². The molecule has 0 saturated carbocycles. The molecular weight excluding hydrogens is 154 g/mol. The minimum Gasteiger partial charge on any atom is -0.447 e. The van der Waals surface area contributed by atoms with Crippen molar-refractivity contribution >= 4 is 6.09 Å². The van der Waals surface area contributed by atoms with Gasteiger partial charge in [-0.05, 0) is 12.8 Å². The van der Waals surface area contributed by atoms with Gasteiger partial charge in [-0.1, -0.05) is 19.1 Å². The van der Waals surface area contributed by atoms with Gasteiger partial charge >= 0.3 is 6.09 Å². The van der Waals surface area contributed by atoms with Crippen molar-refractivity contribution in [3.8, 4) is 0 Å². The number of carbonyl (C=O) groups is 1. The van der Waals surface area contributed by atoms with Crippen LogP contribution in [0.25, 0.3) is 0 Å². The highest BCUT2D eigenvalue weighted by atomic mass is 16.6. The van der Waals surface area contributed by atoms with Crippen molar-refractivity contribution in [2.75, 3.05) is 6.61 Å². The van der Waals surface area contributed by atoms with E-state index in [0.717, 1.165) is 12.8 Å². The van der Waals surface area contributed by atoms with Crippen LogP contribution in [0.1, 0.15) is 19.8 Å². The lowest BCUT2D eigenvalue weighted by atomic mass is 10.0.